The van der Waals surface area contributed by atoms with Gasteiger partial charge in [0.15, 0.2) is 0 Å². The van der Waals surface area contributed by atoms with Gasteiger partial charge in [0.1, 0.15) is 0 Å². The maximum absolute atomic E-state index is 11.8. The zero-order chi connectivity index (χ0) is 14.0. The SMILES string of the molecule is CCCNC(=O)CCCCCNC(=O)C(F)(F)F. The zero-order valence-electron chi connectivity index (χ0n) is 10.4. The molecule has 0 saturated carbocycles. The van der Waals surface area contributed by atoms with Crippen molar-refractivity contribution in [3.05, 3.63) is 0 Å². The lowest BCUT2D eigenvalue weighted by Crippen LogP contribution is -2.37. The van der Waals surface area contributed by atoms with E-state index in [4.69, 9.17) is 0 Å². The highest BCUT2D eigenvalue weighted by Crippen LogP contribution is 2.13. The maximum atomic E-state index is 11.8. The van der Waals surface area contributed by atoms with E-state index in [0.717, 1.165) is 6.42 Å². The van der Waals surface area contributed by atoms with Crippen molar-refractivity contribution in [3.63, 3.8) is 0 Å². The fraction of sp³-hybridized carbons (Fsp3) is 0.818. The molecule has 106 valence electrons. The molecule has 0 spiro atoms. The van der Waals surface area contributed by atoms with Gasteiger partial charge in [0, 0.05) is 19.5 Å². The third-order valence-corrected chi connectivity index (χ3v) is 2.20. The van der Waals surface area contributed by atoms with Gasteiger partial charge in [-0.25, -0.2) is 0 Å². The van der Waals surface area contributed by atoms with Gasteiger partial charge in [0.25, 0.3) is 0 Å². The Morgan fingerprint density at radius 1 is 1.00 bits per heavy atom. The van der Waals surface area contributed by atoms with Crippen LogP contribution in [0.2, 0.25) is 0 Å². The molecule has 0 aromatic heterocycles. The smallest absolute Gasteiger partial charge is 0.356 e. The van der Waals surface area contributed by atoms with Crippen molar-refractivity contribution in [2.75, 3.05) is 13.1 Å². The van der Waals surface area contributed by atoms with Crippen LogP contribution >= 0.6 is 0 Å². The lowest BCUT2D eigenvalue weighted by molar-refractivity contribution is -0.173. The number of rotatable bonds is 8. The number of nitrogens with one attached hydrogen (secondary N) is 2. The first-order valence-corrected chi connectivity index (χ1v) is 5.99. The summed E-state index contributed by atoms with van der Waals surface area (Å²) in [6.07, 6.45) is -1.93. The molecular weight excluding hydrogens is 249 g/mol. The van der Waals surface area contributed by atoms with Crippen LogP contribution in [0.3, 0.4) is 0 Å². The molecule has 0 bridgehead atoms. The highest BCUT2D eigenvalue weighted by molar-refractivity contribution is 5.81. The first-order valence-electron chi connectivity index (χ1n) is 5.99. The van der Waals surface area contributed by atoms with E-state index in [9.17, 15) is 22.8 Å². The Morgan fingerprint density at radius 2 is 1.67 bits per heavy atom. The fourth-order valence-corrected chi connectivity index (χ4v) is 1.24. The normalized spacial score (nSPS) is 11.1. The van der Waals surface area contributed by atoms with Crippen LogP contribution in [0.4, 0.5) is 13.2 Å². The molecule has 7 heteroatoms. The first kappa shape index (κ1) is 16.7. The van der Waals surface area contributed by atoms with Crippen molar-refractivity contribution in [1.82, 2.24) is 10.6 Å². The largest absolute Gasteiger partial charge is 0.471 e. The van der Waals surface area contributed by atoms with Crippen LogP contribution in [0.5, 0.6) is 0 Å². The molecule has 18 heavy (non-hydrogen) atoms. The summed E-state index contributed by atoms with van der Waals surface area (Å²) < 4.78 is 35.4. The van der Waals surface area contributed by atoms with Gasteiger partial charge in [0.2, 0.25) is 5.91 Å². The summed E-state index contributed by atoms with van der Waals surface area (Å²) >= 11 is 0. The van der Waals surface area contributed by atoms with Crippen LogP contribution in [0, 0.1) is 0 Å². The van der Waals surface area contributed by atoms with Crippen LogP contribution in [0.25, 0.3) is 0 Å². The topological polar surface area (TPSA) is 58.2 Å². The van der Waals surface area contributed by atoms with Gasteiger partial charge >= 0.3 is 12.1 Å². The average Bonchev–Trinajstić information content (AvgIpc) is 2.29. The van der Waals surface area contributed by atoms with E-state index in [0.29, 0.717) is 32.2 Å². The van der Waals surface area contributed by atoms with E-state index in [-0.39, 0.29) is 12.5 Å². The average molecular weight is 268 g/mol. The summed E-state index contributed by atoms with van der Waals surface area (Å²) in [5.74, 6) is -1.96. The molecule has 0 aromatic carbocycles. The molecule has 0 aliphatic heterocycles. The summed E-state index contributed by atoms with van der Waals surface area (Å²) in [5, 5.41) is 4.48. The zero-order valence-corrected chi connectivity index (χ0v) is 10.4. The molecule has 0 radical (unpaired) electrons. The second kappa shape index (κ2) is 8.77. The number of hydrogen-bond acceptors (Lipinski definition) is 2. The van der Waals surface area contributed by atoms with Crippen LogP contribution in [0.1, 0.15) is 39.0 Å². The number of amides is 2. The van der Waals surface area contributed by atoms with Crippen LogP contribution in [-0.2, 0) is 9.59 Å². The molecule has 0 rings (SSSR count). The molecule has 0 aromatic rings. The second-order valence-electron chi connectivity index (χ2n) is 3.91. The lowest BCUT2D eigenvalue weighted by atomic mass is 10.2. The van der Waals surface area contributed by atoms with Crippen LogP contribution < -0.4 is 10.6 Å². The first-order chi connectivity index (χ1) is 8.38. The number of carbonyl (C=O) groups excluding carboxylic acids is 2. The summed E-state index contributed by atoms with van der Waals surface area (Å²) in [6.45, 7) is 2.57. The maximum Gasteiger partial charge on any atom is 0.471 e. The fourth-order valence-electron chi connectivity index (χ4n) is 1.24. The number of alkyl halides is 3. The predicted molar refractivity (Wildman–Crippen MR) is 60.8 cm³/mol. The van der Waals surface area contributed by atoms with Gasteiger partial charge in [0.05, 0.1) is 0 Å². The molecule has 0 aliphatic carbocycles. The van der Waals surface area contributed by atoms with Crippen LogP contribution in [-0.4, -0.2) is 31.1 Å². The van der Waals surface area contributed by atoms with E-state index >= 15 is 0 Å². The molecule has 2 amide bonds. The van der Waals surface area contributed by atoms with E-state index < -0.39 is 12.1 Å². The standard InChI is InChI=1S/C11H19F3N2O2/c1-2-7-15-9(17)6-4-3-5-8-16-10(18)11(12,13)14/h2-8H2,1H3,(H,15,17)(H,16,18). The van der Waals surface area contributed by atoms with E-state index in [2.05, 4.69) is 5.32 Å². The van der Waals surface area contributed by atoms with Gasteiger partial charge in [-0.1, -0.05) is 13.3 Å². The second-order valence-corrected chi connectivity index (χ2v) is 3.91. The highest BCUT2D eigenvalue weighted by atomic mass is 19.4. The number of unbranched alkanes of at least 4 members (excludes halogenated alkanes) is 2. The molecule has 0 fully saturated rings. The van der Waals surface area contributed by atoms with Crippen molar-refractivity contribution in [1.29, 1.82) is 0 Å². The highest BCUT2D eigenvalue weighted by Gasteiger charge is 2.38. The van der Waals surface area contributed by atoms with E-state index in [1.807, 2.05) is 6.92 Å². The van der Waals surface area contributed by atoms with Gasteiger partial charge in [-0.3, -0.25) is 9.59 Å². The van der Waals surface area contributed by atoms with Crippen molar-refractivity contribution >= 4 is 11.8 Å². The van der Waals surface area contributed by atoms with Gasteiger partial charge in [-0.05, 0) is 19.3 Å². The van der Waals surface area contributed by atoms with Gasteiger partial charge < -0.3 is 10.6 Å². The molecule has 0 atom stereocenters. The Labute approximate surface area is 104 Å². The van der Waals surface area contributed by atoms with Crippen molar-refractivity contribution in [2.45, 2.75) is 45.2 Å². The molecule has 2 N–H and O–H groups in total. The number of hydrogen-bond donors (Lipinski definition) is 2. The van der Waals surface area contributed by atoms with Crippen molar-refractivity contribution in [3.8, 4) is 0 Å². The minimum atomic E-state index is -4.82. The third-order valence-electron chi connectivity index (χ3n) is 2.20. The van der Waals surface area contributed by atoms with E-state index in [1.165, 1.54) is 0 Å². The summed E-state index contributed by atoms with van der Waals surface area (Å²) in [4.78, 5) is 21.6. The van der Waals surface area contributed by atoms with Crippen LogP contribution in [0.15, 0.2) is 0 Å². The Kier molecular flexibility index (Phi) is 8.15. The van der Waals surface area contributed by atoms with Gasteiger partial charge in [-0.15, -0.1) is 0 Å². The number of carbonyl (C=O) groups is 2. The summed E-state index contributed by atoms with van der Waals surface area (Å²) in [7, 11) is 0. The molecule has 4 nitrogen and oxygen atoms in total. The molecule has 0 aliphatic rings. The quantitative estimate of drug-likeness (QED) is 0.659. The summed E-state index contributed by atoms with van der Waals surface area (Å²) in [6, 6.07) is 0. The monoisotopic (exact) mass is 268 g/mol. The molecule has 0 heterocycles. The van der Waals surface area contributed by atoms with Gasteiger partial charge in [-0.2, -0.15) is 13.2 Å². The summed E-state index contributed by atoms with van der Waals surface area (Å²) in [5.41, 5.74) is 0. The Hall–Kier alpha value is -1.27. The van der Waals surface area contributed by atoms with Crippen molar-refractivity contribution in [2.24, 2.45) is 0 Å². The third kappa shape index (κ3) is 8.83. The molecule has 0 unspecified atom stereocenters. The molecular formula is C11H19F3N2O2. The Balaban J connectivity index is 3.41. The van der Waals surface area contributed by atoms with Crippen molar-refractivity contribution < 1.29 is 22.8 Å². The Bertz CT molecular complexity index is 268. The predicted octanol–water partition coefficient (Wildman–Crippen LogP) is 1.75. The molecule has 0 saturated heterocycles. The minimum Gasteiger partial charge on any atom is -0.356 e. The van der Waals surface area contributed by atoms with E-state index in [1.54, 1.807) is 5.32 Å². The Morgan fingerprint density at radius 3 is 2.22 bits per heavy atom. The minimum absolute atomic E-state index is 0.0189. The lowest BCUT2D eigenvalue weighted by Gasteiger charge is -2.07. The number of halogens is 3.